The maximum Gasteiger partial charge on any atom is 0.225 e. The van der Waals surface area contributed by atoms with Crippen LogP contribution >= 0.6 is 11.8 Å². The van der Waals surface area contributed by atoms with Gasteiger partial charge in [-0.15, -0.1) is 11.8 Å². The van der Waals surface area contributed by atoms with Crippen molar-refractivity contribution >= 4 is 23.4 Å². The summed E-state index contributed by atoms with van der Waals surface area (Å²) < 4.78 is 18.9. The molecule has 0 aliphatic rings. The summed E-state index contributed by atoms with van der Waals surface area (Å²) in [5.74, 6) is 0.800. The lowest BCUT2D eigenvalue weighted by atomic mass is 10.3. The molecule has 0 saturated heterocycles. The number of hydrogen-bond acceptors (Lipinski definition) is 3. The van der Waals surface area contributed by atoms with E-state index in [0.29, 0.717) is 35.1 Å². The van der Waals surface area contributed by atoms with Crippen molar-refractivity contribution in [1.82, 2.24) is 0 Å². The van der Waals surface area contributed by atoms with Gasteiger partial charge >= 0.3 is 0 Å². The second-order valence-corrected chi connectivity index (χ2v) is 5.64. The highest BCUT2D eigenvalue weighted by Gasteiger charge is 2.08. The first-order chi connectivity index (χ1) is 10.7. The molecule has 3 nitrogen and oxygen atoms in total. The van der Waals surface area contributed by atoms with Crippen LogP contribution in [-0.4, -0.2) is 18.3 Å². The molecule has 0 aliphatic carbocycles. The molecule has 0 fully saturated rings. The van der Waals surface area contributed by atoms with Crippen LogP contribution in [0.5, 0.6) is 5.75 Å². The highest BCUT2D eigenvalue weighted by atomic mass is 32.2. The molecule has 116 valence electrons. The highest BCUT2D eigenvalue weighted by Crippen LogP contribution is 2.25. The van der Waals surface area contributed by atoms with E-state index in [1.807, 2.05) is 25.1 Å². The van der Waals surface area contributed by atoms with Gasteiger partial charge in [0.25, 0.3) is 0 Å². The van der Waals surface area contributed by atoms with E-state index in [1.165, 1.54) is 17.8 Å². The molecule has 0 radical (unpaired) electrons. The third kappa shape index (κ3) is 4.77. The van der Waals surface area contributed by atoms with Crippen LogP contribution in [0.2, 0.25) is 0 Å². The minimum absolute atomic E-state index is 0.115. The number of hydrogen-bond donors (Lipinski definition) is 1. The molecule has 0 aliphatic heterocycles. The second-order valence-electron chi connectivity index (χ2n) is 4.51. The van der Waals surface area contributed by atoms with Gasteiger partial charge in [0.15, 0.2) is 0 Å². The number of carbonyl (C=O) groups is 1. The number of carbonyl (C=O) groups excluding carboxylic acids is 1. The van der Waals surface area contributed by atoms with E-state index in [4.69, 9.17) is 4.74 Å². The number of amides is 1. The molecule has 22 heavy (non-hydrogen) atoms. The Bertz CT molecular complexity index is 634. The topological polar surface area (TPSA) is 38.3 Å². The molecular formula is C17H18FNO2S. The lowest BCUT2D eigenvalue weighted by Gasteiger charge is -2.11. The summed E-state index contributed by atoms with van der Waals surface area (Å²) in [5.41, 5.74) is 0.658. The molecule has 0 unspecified atom stereocenters. The fourth-order valence-electron chi connectivity index (χ4n) is 1.88. The van der Waals surface area contributed by atoms with Crippen LogP contribution in [0, 0.1) is 5.82 Å². The predicted octanol–water partition coefficient (Wildman–Crippen LogP) is 4.35. The van der Waals surface area contributed by atoms with Gasteiger partial charge in [0.2, 0.25) is 5.91 Å². The Morgan fingerprint density at radius 1 is 1.18 bits per heavy atom. The van der Waals surface area contributed by atoms with Gasteiger partial charge in [-0.25, -0.2) is 4.39 Å². The van der Waals surface area contributed by atoms with E-state index in [0.717, 1.165) is 0 Å². The molecule has 0 atom stereocenters. The normalized spacial score (nSPS) is 10.3. The number of thioether (sulfide) groups is 1. The number of rotatable bonds is 7. The summed E-state index contributed by atoms with van der Waals surface area (Å²) in [6.45, 7) is 2.43. The molecule has 2 aromatic carbocycles. The first kappa shape index (κ1) is 16.4. The van der Waals surface area contributed by atoms with Gasteiger partial charge < -0.3 is 10.1 Å². The Morgan fingerprint density at radius 3 is 2.68 bits per heavy atom. The summed E-state index contributed by atoms with van der Waals surface area (Å²) in [4.78, 5) is 12.5. The maximum atomic E-state index is 13.5. The molecular weight excluding hydrogens is 301 g/mol. The second kappa shape index (κ2) is 8.44. The highest BCUT2D eigenvalue weighted by molar-refractivity contribution is 7.99. The van der Waals surface area contributed by atoms with Crippen molar-refractivity contribution in [3.8, 4) is 5.75 Å². The zero-order valence-corrected chi connectivity index (χ0v) is 13.2. The van der Waals surface area contributed by atoms with Gasteiger partial charge in [0.05, 0.1) is 12.3 Å². The molecule has 2 rings (SSSR count). The molecule has 0 spiro atoms. The Morgan fingerprint density at radius 2 is 1.91 bits per heavy atom. The Balaban J connectivity index is 1.85. The maximum absolute atomic E-state index is 13.5. The van der Waals surface area contributed by atoms with Gasteiger partial charge in [-0.3, -0.25) is 4.79 Å². The summed E-state index contributed by atoms with van der Waals surface area (Å²) in [7, 11) is 0. The lowest BCUT2D eigenvalue weighted by Crippen LogP contribution is -2.13. The fourth-order valence-corrected chi connectivity index (χ4v) is 2.77. The predicted molar refractivity (Wildman–Crippen MR) is 88.0 cm³/mol. The van der Waals surface area contributed by atoms with Gasteiger partial charge in [0, 0.05) is 17.1 Å². The zero-order valence-electron chi connectivity index (χ0n) is 12.3. The fraction of sp³-hybridized carbons (Fsp3) is 0.235. The van der Waals surface area contributed by atoms with Crippen LogP contribution in [0.3, 0.4) is 0 Å². The third-order valence-electron chi connectivity index (χ3n) is 2.88. The minimum Gasteiger partial charge on any atom is -0.492 e. The molecule has 1 amide bonds. The first-order valence-corrected chi connectivity index (χ1v) is 8.08. The Hall–Kier alpha value is -2.01. The molecule has 0 saturated carbocycles. The largest absolute Gasteiger partial charge is 0.492 e. The average molecular weight is 319 g/mol. The standard InChI is InChI=1S/C17H18FNO2S/c1-2-21-15-9-5-4-8-14(15)19-17(20)11-12-22-16-10-6-3-7-13(16)18/h3-10H,2,11-12H2,1H3,(H,19,20). The van der Waals surface area contributed by atoms with Gasteiger partial charge in [-0.05, 0) is 31.2 Å². The number of nitrogens with one attached hydrogen (secondary N) is 1. The van der Waals surface area contributed by atoms with E-state index >= 15 is 0 Å². The van der Waals surface area contributed by atoms with Gasteiger partial charge in [0.1, 0.15) is 11.6 Å². The zero-order chi connectivity index (χ0) is 15.8. The summed E-state index contributed by atoms with van der Waals surface area (Å²) in [6.07, 6.45) is 0.305. The quantitative estimate of drug-likeness (QED) is 0.771. The van der Waals surface area contributed by atoms with Crippen LogP contribution in [-0.2, 0) is 4.79 Å². The smallest absolute Gasteiger partial charge is 0.225 e. The van der Waals surface area contributed by atoms with Gasteiger partial charge in [-0.1, -0.05) is 24.3 Å². The Labute approximate surface area is 133 Å². The van der Waals surface area contributed by atoms with E-state index in [-0.39, 0.29) is 11.7 Å². The van der Waals surface area contributed by atoms with Crippen molar-refractivity contribution in [1.29, 1.82) is 0 Å². The van der Waals surface area contributed by atoms with Crippen LogP contribution < -0.4 is 10.1 Å². The number of halogens is 1. The first-order valence-electron chi connectivity index (χ1n) is 7.09. The van der Waals surface area contributed by atoms with E-state index in [9.17, 15) is 9.18 Å². The van der Waals surface area contributed by atoms with Crippen LogP contribution in [0.1, 0.15) is 13.3 Å². The van der Waals surface area contributed by atoms with Crippen molar-refractivity contribution in [2.24, 2.45) is 0 Å². The van der Waals surface area contributed by atoms with Crippen molar-refractivity contribution in [3.63, 3.8) is 0 Å². The number of para-hydroxylation sites is 2. The minimum atomic E-state index is -0.255. The molecule has 0 bridgehead atoms. The van der Waals surface area contributed by atoms with Crippen molar-refractivity contribution in [2.75, 3.05) is 17.7 Å². The number of anilines is 1. The van der Waals surface area contributed by atoms with Crippen molar-refractivity contribution < 1.29 is 13.9 Å². The summed E-state index contributed by atoms with van der Waals surface area (Å²) in [6, 6.07) is 13.9. The summed E-state index contributed by atoms with van der Waals surface area (Å²) in [5, 5.41) is 2.83. The third-order valence-corrected chi connectivity index (χ3v) is 3.93. The molecule has 5 heteroatoms. The van der Waals surface area contributed by atoms with E-state index < -0.39 is 0 Å². The molecule has 1 N–H and O–H groups in total. The Kier molecular flexibility index (Phi) is 6.27. The van der Waals surface area contributed by atoms with E-state index in [2.05, 4.69) is 5.32 Å². The SMILES string of the molecule is CCOc1ccccc1NC(=O)CCSc1ccccc1F. The van der Waals surface area contributed by atoms with Crippen LogP contribution in [0.15, 0.2) is 53.4 Å². The number of ether oxygens (including phenoxy) is 1. The lowest BCUT2D eigenvalue weighted by molar-refractivity contribution is -0.115. The van der Waals surface area contributed by atoms with Crippen molar-refractivity contribution in [3.05, 3.63) is 54.3 Å². The number of benzene rings is 2. The van der Waals surface area contributed by atoms with Crippen molar-refractivity contribution in [2.45, 2.75) is 18.2 Å². The van der Waals surface area contributed by atoms with E-state index in [1.54, 1.807) is 24.3 Å². The van der Waals surface area contributed by atoms with Gasteiger partial charge in [-0.2, -0.15) is 0 Å². The average Bonchev–Trinajstić information content (AvgIpc) is 2.51. The summed E-state index contributed by atoms with van der Waals surface area (Å²) >= 11 is 1.33. The van der Waals surface area contributed by atoms with Crippen LogP contribution in [0.25, 0.3) is 0 Å². The van der Waals surface area contributed by atoms with Crippen LogP contribution in [0.4, 0.5) is 10.1 Å². The molecule has 2 aromatic rings. The molecule has 0 aromatic heterocycles. The molecule has 0 heterocycles. The monoisotopic (exact) mass is 319 g/mol.